The van der Waals surface area contributed by atoms with Crippen LogP contribution in [0.5, 0.6) is 0 Å². The molecule has 1 spiro atoms. The smallest absolute Gasteiger partial charge is 0.307 e. The molecule has 1 atom stereocenters. The van der Waals surface area contributed by atoms with Crippen molar-refractivity contribution in [2.24, 2.45) is 11.3 Å². The van der Waals surface area contributed by atoms with Gasteiger partial charge in [0.25, 0.3) is 0 Å². The van der Waals surface area contributed by atoms with Crippen molar-refractivity contribution in [1.82, 2.24) is 15.1 Å². The van der Waals surface area contributed by atoms with Gasteiger partial charge in [0.15, 0.2) is 0 Å². The molecule has 6 heteroatoms. The molecule has 0 aromatic rings. The Kier molecular flexibility index (Phi) is 4.37. The Morgan fingerprint density at radius 1 is 1.19 bits per heavy atom. The van der Waals surface area contributed by atoms with Crippen LogP contribution in [-0.4, -0.2) is 54.3 Å². The molecule has 1 unspecified atom stereocenters. The number of imide groups is 2. The van der Waals surface area contributed by atoms with Gasteiger partial charge in [-0.2, -0.15) is 0 Å². The molecular formula is C15H25N3O3. The molecule has 1 heterocycles. The van der Waals surface area contributed by atoms with E-state index in [1.165, 1.54) is 4.90 Å². The van der Waals surface area contributed by atoms with E-state index in [4.69, 9.17) is 0 Å². The molecule has 4 amide bonds. The number of nitrogens with zero attached hydrogens (tertiary/aromatic N) is 2. The maximum Gasteiger partial charge on any atom is 0.331 e. The van der Waals surface area contributed by atoms with Crippen LogP contribution in [0.2, 0.25) is 0 Å². The Hall–Kier alpha value is -1.43. The van der Waals surface area contributed by atoms with Gasteiger partial charge in [-0.1, -0.05) is 26.7 Å². The van der Waals surface area contributed by atoms with Crippen LogP contribution in [0.15, 0.2) is 0 Å². The summed E-state index contributed by atoms with van der Waals surface area (Å²) in [5, 5.41) is 2.41. The first-order valence-electron chi connectivity index (χ1n) is 7.63. The van der Waals surface area contributed by atoms with Gasteiger partial charge in [0.1, 0.15) is 5.41 Å². The van der Waals surface area contributed by atoms with Gasteiger partial charge in [-0.15, -0.1) is 0 Å². The average molecular weight is 295 g/mol. The number of rotatable bonds is 4. The van der Waals surface area contributed by atoms with E-state index in [0.717, 1.165) is 12.8 Å². The van der Waals surface area contributed by atoms with E-state index in [0.29, 0.717) is 19.4 Å². The van der Waals surface area contributed by atoms with Crippen LogP contribution in [0.1, 0.15) is 39.5 Å². The van der Waals surface area contributed by atoms with Crippen molar-refractivity contribution < 1.29 is 14.4 Å². The first-order valence-corrected chi connectivity index (χ1v) is 7.63. The molecule has 0 aromatic carbocycles. The Bertz CT molecular complexity index is 453. The maximum atomic E-state index is 12.9. The summed E-state index contributed by atoms with van der Waals surface area (Å²) in [4.78, 5) is 40.6. The van der Waals surface area contributed by atoms with Crippen LogP contribution >= 0.6 is 0 Å². The molecule has 2 rings (SSSR count). The molecule has 1 saturated heterocycles. The third-order valence-corrected chi connectivity index (χ3v) is 4.61. The highest BCUT2D eigenvalue weighted by Crippen LogP contribution is 2.42. The van der Waals surface area contributed by atoms with Gasteiger partial charge in [-0.25, -0.2) is 4.79 Å². The second-order valence-electron chi connectivity index (χ2n) is 6.80. The number of barbiturate groups is 1. The second-order valence-corrected chi connectivity index (χ2v) is 6.80. The molecule has 1 aliphatic heterocycles. The normalized spacial score (nSPS) is 23.3. The highest BCUT2D eigenvalue weighted by Gasteiger charge is 2.56. The second kappa shape index (κ2) is 5.75. The highest BCUT2D eigenvalue weighted by molar-refractivity contribution is 6.19. The van der Waals surface area contributed by atoms with Crippen molar-refractivity contribution in [3.63, 3.8) is 0 Å². The molecule has 21 heavy (non-hydrogen) atoms. The van der Waals surface area contributed by atoms with E-state index < -0.39 is 17.4 Å². The zero-order valence-corrected chi connectivity index (χ0v) is 13.3. The third kappa shape index (κ3) is 2.69. The fourth-order valence-electron chi connectivity index (χ4n) is 3.38. The third-order valence-electron chi connectivity index (χ3n) is 4.61. The van der Waals surface area contributed by atoms with Crippen molar-refractivity contribution in [3.8, 4) is 0 Å². The number of carbonyl (C=O) groups is 3. The molecule has 1 N–H and O–H groups in total. The minimum absolute atomic E-state index is 0.133. The molecular weight excluding hydrogens is 270 g/mol. The topological polar surface area (TPSA) is 69.7 Å². The Morgan fingerprint density at radius 2 is 1.76 bits per heavy atom. The van der Waals surface area contributed by atoms with Crippen LogP contribution in [0.25, 0.3) is 0 Å². The van der Waals surface area contributed by atoms with Crippen LogP contribution in [-0.2, 0) is 9.59 Å². The Labute approximate surface area is 125 Å². The number of amides is 4. The summed E-state index contributed by atoms with van der Waals surface area (Å²) in [7, 11) is 3.83. The maximum absolute atomic E-state index is 12.9. The predicted octanol–water partition coefficient (Wildman–Crippen LogP) is 1.21. The van der Waals surface area contributed by atoms with Gasteiger partial charge < -0.3 is 4.90 Å². The first kappa shape index (κ1) is 15.9. The molecule has 0 radical (unpaired) electrons. The van der Waals surface area contributed by atoms with Crippen molar-refractivity contribution in [1.29, 1.82) is 0 Å². The van der Waals surface area contributed by atoms with Gasteiger partial charge in [0, 0.05) is 6.54 Å². The highest BCUT2D eigenvalue weighted by atomic mass is 16.2. The fourth-order valence-corrected chi connectivity index (χ4v) is 3.38. The van der Waals surface area contributed by atoms with E-state index in [-0.39, 0.29) is 17.9 Å². The molecule has 0 aromatic heterocycles. The van der Waals surface area contributed by atoms with E-state index >= 15 is 0 Å². The minimum Gasteiger partial charge on any atom is -0.307 e. The lowest BCUT2D eigenvalue weighted by Gasteiger charge is -2.42. The number of carbonyl (C=O) groups excluding carboxylic acids is 3. The standard InChI is InChI=1S/C15H25N3O3/c1-10(2)11(9-17(3)4)18-13(20)15(7-5-6-8-15)12(19)16-14(18)21/h10-11H,5-9H2,1-4H3,(H,16,19,21). The Morgan fingerprint density at radius 3 is 2.24 bits per heavy atom. The number of hydrogen-bond donors (Lipinski definition) is 1. The quantitative estimate of drug-likeness (QED) is 0.792. The number of likely N-dealkylation sites (N-methyl/N-ethyl adjacent to an activating group) is 1. The van der Waals surface area contributed by atoms with E-state index in [1.807, 2.05) is 32.8 Å². The summed E-state index contributed by atoms with van der Waals surface area (Å²) >= 11 is 0. The summed E-state index contributed by atoms with van der Waals surface area (Å²) in [5.74, 6) is -0.568. The monoisotopic (exact) mass is 295 g/mol. The summed E-state index contributed by atoms with van der Waals surface area (Å²) < 4.78 is 0. The lowest BCUT2D eigenvalue weighted by Crippen LogP contribution is -2.67. The lowest BCUT2D eigenvalue weighted by molar-refractivity contribution is -0.153. The summed E-state index contributed by atoms with van der Waals surface area (Å²) in [6.07, 6.45) is 2.82. The van der Waals surface area contributed by atoms with Crippen LogP contribution in [0.3, 0.4) is 0 Å². The molecule has 0 bridgehead atoms. The Balaban J connectivity index is 2.34. The molecule has 118 valence electrons. The van der Waals surface area contributed by atoms with Crippen molar-refractivity contribution in [2.45, 2.75) is 45.6 Å². The van der Waals surface area contributed by atoms with E-state index in [1.54, 1.807) is 0 Å². The zero-order chi connectivity index (χ0) is 15.8. The number of hydrogen-bond acceptors (Lipinski definition) is 4. The van der Waals surface area contributed by atoms with Crippen LogP contribution in [0.4, 0.5) is 4.79 Å². The van der Waals surface area contributed by atoms with Crippen LogP contribution in [0, 0.1) is 11.3 Å². The van der Waals surface area contributed by atoms with Crippen molar-refractivity contribution in [3.05, 3.63) is 0 Å². The fraction of sp³-hybridized carbons (Fsp3) is 0.800. The summed E-state index contributed by atoms with van der Waals surface area (Å²) in [5.41, 5.74) is -1.01. The SMILES string of the molecule is CC(C)C(CN(C)C)N1C(=O)NC(=O)C2(CCCC2)C1=O. The van der Waals surface area contributed by atoms with Gasteiger partial charge in [0.2, 0.25) is 11.8 Å². The van der Waals surface area contributed by atoms with Gasteiger partial charge in [-0.05, 0) is 32.9 Å². The van der Waals surface area contributed by atoms with Crippen molar-refractivity contribution in [2.75, 3.05) is 20.6 Å². The lowest BCUT2D eigenvalue weighted by atomic mass is 9.81. The summed E-state index contributed by atoms with van der Waals surface area (Å²) in [6.45, 7) is 4.58. The van der Waals surface area contributed by atoms with Crippen LogP contribution < -0.4 is 5.32 Å². The van der Waals surface area contributed by atoms with Gasteiger partial charge >= 0.3 is 6.03 Å². The number of urea groups is 1. The number of nitrogens with one attached hydrogen (secondary N) is 1. The summed E-state index contributed by atoms with van der Waals surface area (Å²) in [6, 6.07) is -0.791. The molecule has 2 aliphatic rings. The molecule has 2 fully saturated rings. The van der Waals surface area contributed by atoms with Gasteiger partial charge in [0.05, 0.1) is 6.04 Å². The minimum atomic E-state index is -1.01. The molecule has 1 aliphatic carbocycles. The largest absolute Gasteiger partial charge is 0.331 e. The van der Waals surface area contributed by atoms with E-state index in [2.05, 4.69) is 5.32 Å². The van der Waals surface area contributed by atoms with Gasteiger partial charge in [-0.3, -0.25) is 19.8 Å². The predicted molar refractivity (Wildman–Crippen MR) is 78.5 cm³/mol. The molecule has 6 nitrogen and oxygen atoms in total. The average Bonchev–Trinajstić information content (AvgIpc) is 2.85. The zero-order valence-electron chi connectivity index (χ0n) is 13.3. The molecule has 1 saturated carbocycles. The van der Waals surface area contributed by atoms with E-state index in [9.17, 15) is 14.4 Å². The van der Waals surface area contributed by atoms with Crippen molar-refractivity contribution >= 4 is 17.8 Å². The first-order chi connectivity index (χ1) is 9.79.